The molecule has 3 rings (SSSR count). The Kier molecular flexibility index (Phi) is 8.42. The highest BCUT2D eigenvalue weighted by molar-refractivity contribution is 7.52. The van der Waals surface area contributed by atoms with Crippen molar-refractivity contribution in [2.75, 3.05) is 12.3 Å². The molecule has 37 heavy (non-hydrogen) atoms. The third-order valence-electron chi connectivity index (χ3n) is 5.33. The van der Waals surface area contributed by atoms with Crippen LogP contribution in [0.25, 0.3) is 0 Å². The highest BCUT2D eigenvalue weighted by Crippen LogP contribution is 2.50. The van der Waals surface area contributed by atoms with E-state index < -0.39 is 61.9 Å². The molecule has 1 fully saturated rings. The Bertz CT molecular complexity index is 1210. The lowest BCUT2D eigenvalue weighted by Crippen LogP contribution is -2.50. The number of rotatable bonds is 10. The summed E-state index contributed by atoms with van der Waals surface area (Å²) in [5.41, 5.74) is 2.14. The summed E-state index contributed by atoms with van der Waals surface area (Å²) in [4.78, 5) is 28.0. The van der Waals surface area contributed by atoms with Crippen molar-refractivity contribution in [2.24, 2.45) is 0 Å². The first kappa shape index (κ1) is 28.7. The molecule has 204 valence electrons. The van der Waals surface area contributed by atoms with Gasteiger partial charge in [-0.1, -0.05) is 18.2 Å². The van der Waals surface area contributed by atoms with E-state index in [0.29, 0.717) is 0 Å². The van der Waals surface area contributed by atoms with Gasteiger partial charge in [-0.15, -0.1) is 0 Å². The van der Waals surface area contributed by atoms with Crippen molar-refractivity contribution in [1.82, 2.24) is 14.6 Å². The Hall–Kier alpha value is -2.87. The number of aromatic nitrogens is 2. The Morgan fingerprint density at radius 2 is 1.97 bits per heavy atom. The maximum atomic E-state index is 15.9. The molecule has 2 aromatic rings. The van der Waals surface area contributed by atoms with Crippen LogP contribution in [0.1, 0.15) is 33.9 Å². The van der Waals surface area contributed by atoms with Gasteiger partial charge in [0.25, 0.3) is 5.85 Å². The molecule has 1 aromatic heterocycles. The van der Waals surface area contributed by atoms with Gasteiger partial charge < -0.3 is 29.9 Å². The first-order chi connectivity index (χ1) is 17.2. The number of alkyl halides is 1. The molecule has 6 atom stereocenters. The first-order valence-corrected chi connectivity index (χ1v) is 12.8. The lowest BCUT2D eigenvalue weighted by Gasteiger charge is -2.29. The van der Waals surface area contributed by atoms with E-state index in [1.165, 1.54) is 25.1 Å². The van der Waals surface area contributed by atoms with E-state index in [1.807, 2.05) is 0 Å². The van der Waals surface area contributed by atoms with E-state index in [-0.39, 0.29) is 11.6 Å². The number of esters is 1. The molecule has 2 heterocycles. The molecule has 0 amide bonds. The van der Waals surface area contributed by atoms with Crippen molar-refractivity contribution < 1.29 is 42.5 Å². The fraction of sp³-hybridized carbons (Fsp3) is 0.500. The Labute approximate surface area is 211 Å². The summed E-state index contributed by atoms with van der Waals surface area (Å²) in [6, 6.07) is 7.73. The van der Waals surface area contributed by atoms with Gasteiger partial charge in [0.1, 0.15) is 35.9 Å². The van der Waals surface area contributed by atoms with Gasteiger partial charge >= 0.3 is 19.4 Å². The van der Waals surface area contributed by atoms with Crippen LogP contribution in [0.2, 0.25) is 0 Å². The Morgan fingerprint density at radius 3 is 2.57 bits per heavy atom. The van der Waals surface area contributed by atoms with Gasteiger partial charge in [0.05, 0.1) is 6.10 Å². The number of ether oxygens (including phenoxy) is 2. The van der Waals surface area contributed by atoms with Gasteiger partial charge in [-0.25, -0.2) is 13.8 Å². The number of benzene rings is 1. The summed E-state index contributed by atoms with van der Waals surface area (Å²) < 4.78 is 51.2. The second kappa shape index (κ2) is 10.9. The second-order valence-corrected chi connectivity index (χ2v) is 10.6. The molecule has 1 saturated heterocycles. The van der Waals surface area contributed by atoms with Crippen LogP contribution in [0.5, 0.6) is 5.75 Å². The van der Waals surface area contributed by atoms with Gasteiger partial charge in [-0.05, 0) is 45.9 Å². The monoisotopic (exact) mass is 544 g/mol. The molecule has 5 N–H and O–H groups in total. The molecule has 0 unspecified atom stereocenters. The quantitative estimate of drug-likeness (QED) is 0.248. The molecule has 1 aromatic carbocycles. The summed E-state index contributed by atoms with van der Waals surface area (Å²) in [5.74, 6) is -4.01. The fourth-order valence-corrected chi connectivity index (χ4v) is 5.01. The number of para-hydroxylation sites is 1. The lowest BCUT2D eigenvalue weighted by molar-refractivity contribution is -0.204. The largest absolute Gasteiger partial charge is 0.462 e. The Morgan fingerprint density at radius 1 is 1.32 bits per heavy atom. The molecule has 15 heteroatoms. The van der Waals surface area contributed by atoms with Crippen LogP contribution in [-0.4, -0.2) is 62.0 Å². The van der Waals surface area contributed by atoms with Crippen LogP contribution < -0.4 is 21.0 Å². The van der Waals surface area contributed by atoms with Gasteiger partial charge in [-0.3, -0.25) is 13.9 Å². The van der Waals surface area contributed by atoms with Gasteiger partial charge in [-0.2, -0.15) is 10.1 Å². The lowest BCUT2D eigenvalue weighted by atomic mass is 9.95. The molecule has 0 spiro atoms. The minimum absolute atomic E-state index is 0.0629. The molecule has 0 bridgehead atoms. The molecule has 1 aliphatic heterocycles. The number of hydrogen-bond acceptors (Lipinski definition) is 11. The summed E-state index contributed by atoms with van der Waals surface area (Å²) in [6.07, 6.45) is -3.38. The maximum absolute atomic E-state index is 15.9. The molecule has 0 aliphatic carbocycles. The van der Waals surface area contributed by atoms with Crippen molar-refractivity contribution in [3.8, 4) is 5.75 Å². The first-order valence-electron chi connectivity index (χ1n) is 11.3. The third-order valence-corrected chi connectivity index (χ3v) is 6.95. The second-order valence-electron chi connectivity index (χ2n) is 8.94. The zero-order valence-electron chi connectivity index (χ0n) is 20.6. The standard InChI is InChI=1S/C22H30FN4O9P/c1-13(2)34-17(28)14(3)26-37(32,36-15-8-6-5-7-9-15)33-12-22(23)18(29)21(4,31)19(35-22)27-11-10-16(24)25-20(27)30/h5-11,13-14,18-19,29,31H,12H2,1-4H3,(H,26,32)(H2,24,25,30)/t14-,18-,19+,21+,22+,37+/m0/s1. The average Bonchev–Trinajstić information content (AvgIpc) is 2.98. The van der Waals surface area contributed by atoms with Crippen LogP contribution in [0.15, 0.2) is 47.4 Å². The van der Waals surface area contributed by atoms with Gasteiger partial charge in [0.15, 0.2) is 6.23 Å². The van der Waals surface area contributed by atoms with Crippen molar-refractivity contribution in [2.45, 2.75) is 63.6 Å². The van der Waals surface area contributed by atoms with E-state index in [0.717, 1.165) is 17.7 Å². The molecule has 13 nitrogen and oxygen atoms in total. The van der Waals surface area contributed by atoms with E-state index in [2.05, 4.69) is 10.1 Å². The van der Waals surface area contributed by atoms with Crippen LogP contribution in [-0.2, 0) is 23.4 Å². The topological polar surface area (TPSA) is 184 Å². The van der Waals surface area contributed by atoms with E-state index >= 15 is 4.39 Å². The number of carbonyl (C=O) groups excluding carboxylic acids is 1. The van der Waals surface area contributed by atoms with Crippen LogP contribution in [0.3, 0.4) is 0 Å². The number of nitrogens with zero attached hydrogens (tertiary/aromatic N) is 2. The van der Waals surface area contributed by atoms with Crippen molar-refractivity contribution in [3.05, 3.63) is 53.1 Å². The average molecular weight is 544 g/mol. The van der Waals surface area contributed by atoms with Gasteiger partial charge in [0.2, 0.25) is 0 Å². The van der Waals surface area contributed by atoms with Crippen LogP contribution in [0, 0.1) is 0 Å². The molecular weight excluding hydrogens is 514 g/mol. The minimum atomic E-state index is -4.53. The summed E-state index contributed by atoms with van der Waals surface area (Å²) >= 11 is 0. The normalized spacial score (nSPS) is 28.0. The van der Waals surface area contributed by atoms with E-state index in [4.69, 9.17) is 24.3 Å². The van der Waals surface area contributed by atoms with Gasteiger partial charge in [0, 0.05) is 6.20 Å². The summed E-state index contributed by atoms with van der Waals surface area (Å²) in [7, 11) is -4.53. The SMILES string of the molecule is CC(C)OC(=O)[C@H](C)N[P@@](=O)(OC[C@@]1(F)O[C@@H](n2ccc(N)nc2=O)[C@](C)(O)[C@@H]1O)Oc1ccccc1. The molecule has 0 saturated carbocycles. The molecular formula is C22H30FN4O9P. The number of aliphatic hydroxyl groups is 2. The predicted molar refractivity (Wildman–Crippen MR) is 128 cm³/mol. The highest BCUT2D eigenvalue weighted by Gasteiger charge is 2.63. The number of halogens is 1. The summed E-state index contributed by atoms with van der Waals surface area (Å²) in [5, 5.41) is 23.8. The number of anilines is 1. The van der Waals surface area contributed by atoms with Crippen molar-refractivity contribution in [1.29, 1.82) is 0 Å². The van der Waals surface area contributed by atoms with Crippen LogP contribution in [0.4, 0.5) is 10.2 Å². The fourth-order valence-electron chi connectivity index (χ4n) is 3.50. The molecule has 0 radical (unpaired) electrons. The van der Waals surface area contributed by atoms with Crippen molar-refractivity contribution >= 4 is 19.5 Å². The van der Waals surface area contributed by atoms with E-state index in [9.17, 15) is 24.4 Å². The predicted octanol–water partition coefficient (Wildman–Crippen LogP) is 1.27. The number of nitrogen functional groups attached to an aromatic ring is 1. The Balaban J connectivity index is 1.85. The van der Waals surface area contributed by atoms with Crippen molar-refractivity contribution in [3.63, 3.8) is 0 Å². The molecule has 1 aliphatic rings. The number of carbonyl (C=O) groups is 1. The maximum Gasteiger partial charge on any atom is 0.459 e. The minimum Gasteiger partial charge on any atom is -0.462 e. The zero-order valence-corrected chi connectivity index (χ0v) is 21.5. The number of nitrogens with one attached hydrogen (secondary N) is 1. The zero-order chi connectivity index (χ0) is 27.6. The smallest absolute Gasteiger partial charge is 0.459 e. The van der Waals surface area contributed by atoms with E-state index in [1.54, 1.807) is 32.0 Å². The number of aliphatic hydroxyl groups excluding tert-OH is 1. The third kappa shape index (κ3) is 6.53. The summed E-state index contributed by atoms with van der Waals surface area (Å²) in [6.45, 7) is 4.38. The van der Waals surface area contributed by atoms with Crippen LogP contribution >= 0.6 is 7.75 Å². The number of nitrogens with two attached hydrogens (primary N) is 1. The number of hydrogen-bond donors (Lipinski definition) is 4. The highest BCUT2D eigenvalue weighted by atomic mass is 31.2.